The van der Waals surface area contributed by atoms with Crippen molar-refractivity contribution in [1.29, 1.82) is 0 Å². The zero-order chi connectivity index (χ0) is 13.6. The van der Waals surface area contributed by atoms with Crippen LogP contribution >= 0.6 is 0 Å². The molecule has 0 fully saturated rings. The van der Waals surface area contributed by atoms with Crippen LogP contribution in [-0.4, -0.2) is 19.7 Å². The van der Waals surface area contributed by atoms with E-state index in [0.717, 1.165) is 18.7 Å². The molecule has 0 aromatic heterocycles. The highest BCUT2D eigenvalue weighted by molar-refractivity contribution is 5.29. The van der Waals surface area contributed by atoms with E-state index in [4.69, 9.17) is 4.74 Å². The first-order valence-electron chi connectivity index (χ1n) is 6.49. The van der Waals surface area contributed by atoms with Crippen molar-refractivity contribution in [2.75, 3.05) is 13.7 Å². The molecule has 100 valence electrons. The van der Waals surface area contributed by atoms with Gasteiger partial charge >= 0.3 is 0 Å². The SMILES string of the molecule is C=CC(C)(CNC(C)C)Cc1cccc(OC)c1. The summed E-state index contributed by atoms with van der Waals surface area (Å²) in [5, 5.41) is 3.48. The Bertz CT molecular complexity index is 386. The van der Waals surface area contributed by atoms with Crippen LogP contribution < -0.4 is 10.1 Å². The average molecular weight is 247 g/mol. The van der Waals surface area contributed by atoms with Gasteiger partial charge in [-0.15, -0.1) is 6.58 Å². The normalized spacial score (nSPS) is 14.3. The number of methoxy groups -OCH3 is 1. The molecule has 0 aliphatic carbocycles. The van der Waals surface area contributed by atoms with E-state index in [1.807, 2.05) is 18.2 Å². The van der Waals surface area contributed by atoms with Crippen molar-refractivity contribution in [3.63, 3.8) is 0 Å². The Morgan fingerprint density at radius 1 is 1.44 bits per heavy atom. The molecule has 0 bridgehead atoms. The topological polar surface area (TPSA) is 21.3 Å². The predicted molar refractivity (Wildman–Crippen MR) is 78.1 cm³/mol. The number of nitrogens with one attached hydrogen (secondary N) is 1. The Morgan fingerprint density at radius 2 is 2.17 bits per heavy atom. The Balaban J connectivity index is 2.74. The van der Waals surface area contributed by atoms with Gasteiger partial charge in [-0.2, -0.15) is 0 Å². The fraction of sp³-hybridized carbons (Fsp3) is 0.500. The molecule has 1 atom stereocenters. The molecule has 1 aromatic carbocycles. The largest absolute Gasteiger partial charge is 0.497 e. The molecule has 0 radical (unpaired) electrons. The van der Waals surface area contributed by atoms with Crippen LogP contribution in [0.2, 0.25) is 0 Å². The molecule has 0 spiro atoms. The second kappa shape index (κ2) is 6.60. The first-order valence-corrected chi connectivity index (χ1v) is 6.49. The standard InChI is InChI=1S/C16H25NO/c1-6-16(4,12-17-13(2)3)11-14-8-7-9-15(10-14)18-5/h6-10,13,17H,1,11-12H2,2-5H3. The van der Waals surface area contributed by atoms with Crippen LogP contribution in [0, 0.1) is 5.41 Å². The van der Waals surface area contributed by atoms with Gasteiger partial charge in [-0.05, 0) is 24.1 Å². The summed E-state index contributed by atoms with van der Waals surface area (Å²) in [4.78, 5) is 0. The zero-order valence-corrected chi connectivity index (χ0v) is 12.0. The van der Waals surface area contributed by atoms with Gasteiger partial charge in [0.05, 0.1) is 7.11 Å². The summed E-state index contributed by atoms with van der Waals surface area (Å²) in [6.45, 7) is 11.5. The molecule has 0 aliphatic rings. The summed E-state index contributed by atoms with van der Waals surface area (Å²) in [5.74, 6) is 0.913. The lowest BCUT2D eigenvalue weighted by molar-refractivity contribution is 0.372. The summed E-state index contributed by atoms with van der Waals surface area (Å²) >= 11 is 0. The van der Waals surface area contributed by atoms with Crippen LogP contribution in [0.25, 0.3) is 0 Å². The fourth-order valence-corrected chi connectivity index (χ4v) is 1.89. The van der Waals surface area contributed by atoms with Crippen LogP contribution in [0.1, 0.15) is 26.3 Å². The Labute approximate surface area is 111 Å². The van der Waals surface area contributed by atoms with Crippen molar-refractivity contribution in [2.45, 2.75) is 33.2 Å². The van der Waals surface area contributed by atoms with E-state index in [9.17, 15) is 0 Å². The Hall–Kier alpha value is -1.28. The van der Waals surface area contributed by atoms with E-state index in [1.54, 1.807) is 7.11 Å². The van der Waals surface area contributed by atoms with Gasteiger partial charge in [0.2, 0.25) is 0 Å². The summed E-state index contributed by atoms with van der Waals surface area (Å²) in [7, 11) is 1.70. The molecule has 0 aliphatic heterocycles. The number of hydrogen-bond acceptors (Lipinski definition) is 2. The zero-order valence-electron chi connectivity index (χ0n) is 12.0. The van der Waals surface area contributed by atoms with Gasteiger partial charge in [0.1, 0.15) is 5.75 Å². The first kappa shape index (κ1) is 14.8. The van der Waals surface area contributed by atoms with Crippen LogP contribution in [-0.2, 0) is 6.42 Å². The van der Waals surface area contributed by atoms with Crippen molar-refractivity contribution < 1.29 is 4.74 Å². The highest BCUT2D eigenvalue weighted by atomic mass is 16.5. The van der Waals surface area contributed by atoms with E-state index < -0.39 is 0 Å². The fourth-order valence-electron chi connectivity index (χ4n) is 1.89. The summed E-state index contributed by atoms with van der Waals surface area (Å²) in [6.07, 6.45) is 3.01. The maximum absolute atomic E-state index is 5.26. The van der Waals surface area contributed by atoms with E-state index in [2.05, 4.69) is 44.8 Å². The monoisotopic (exact) mass is 247 g/mol. The van der Waals surface area contributed by atoms with Gasteiger partial charge < -0.3 is 10.1 Å². The molecule has 0 heterocycles. The Kier molecular flexibility index (Phi) is 5.42. The quantitative estimate of drug-likeness (QED) is 0.745. The van der Waals surface area contributed by atoms with Crippen molar-refractivity contribution in [2.24, 2.45) is 5.41 Å². The number of hydrogen-bond donors (Lipinski definition) is 1. The average Bonchev–Trinajstić information content (AvgIpc) is 2.36. The molecular formula is C16H25NO. The molecule has 18 heavy (non-hydrogen) atoms. The van der Waals surface area contributed by atoms with E-state index in [1.165, 1.54) is 5.56 Å². The first-order chi connectivity index (χ1) is 8.49. The number of rotatable bonds is 7. The van der Waals surface area contributed by atoms with Crippen LogP contribution in [0.15, 0.2) is 36.9 Å². The third kappa shape index (κ3) is 4.53. The van der Waals surface area contributed by atoms with Crippen LogP contribution in [0.5, 0.6) is 5.75 Å². The van der Waals surface area contributed by atoms with Crippen molar-refractivity contribution in [3.8, 4) is 5.75 Å². The van der Waals surface area contributed by atoms with E-state index in [-0.39, 0.29) is 5.41 Å². The van der Waals surface area contributed by atoms with Gasteiger partial charge in [0, 0.05) is 18.0 Å². The molecule has 1 rings (SSSR count). The Morgan fingerprint density at radius 3 is 2.72 bits per heavy atom. The maximum Gasteiger partial charge on any atom is 0.119 e. The highest BCUT2D eigenvalue weighted by Gasteiger charge is 2.21. The molecule has 1 N–H and O–H groups in total. The van der Waals surface area contributed by atoms with Crippen molar-refractivity contribution in [1.82, 2.24) is 5.32 Å². The second-order valence-corrected chi connectivity index (χ2v) is 5.42. The molecule has 0 amide bonds. The highest BCUT2D eigenvalue weighted by Crippen LogP contribution is 2.25. The molecule has 0 saturated heterocycles. The minimum absolute atomic E-state index is 0.0661. The molecule has 1 aromatic rings. The minimum Gasteiger partial charge on any atom is -0.497 e. The third-order valence-electron chi connectivity index (χ3n) is 3.15. The number of benzene rings is 1. The lowest BCUT2D eigenvalue weighted by Gasteiger charge is -2.27. The molecule has 2 nitrogen and oxygen atoms in total. The van der Waals surface area contributed by atoms with Gasteiger partial charge in [-0.25, -0.2) is 0 Å². The van der Waals surface area contributed by atoms with Gasteiger partial charge in [0.15, 0.2) is 0 Å². The van der Waals surface area contributed by atoms with Crippen LogP contribution in [0.3, 0.4) is 0 Å². The van der Waals surface area contributed by atoms with E-state index in [0.29, 0.717) is 6.04 Å². The predicted octanol–water partition coefficient (Wildman–Crippen LogP) is 3.43. The van der Waals surface area contributed by atoms with Gasteiger partial charge in [-0.1, -0.05) is 39.0 Å². The second-order valence-electron chi connectivity index (χ2n) is 5.42. The summed E-state index contributed by atoms with van der Waals surface area (Å²) in [5.41, 5.74) is 1.35. The molecule has 1 unspecified atom stereocenters. The minimum atomic E-state index is 0.0661. The van der Waals surface area contributed by atoms with Crippen LogP contribution in [0.4, 0.5) is 0 Å². The maximum atomic E-state index is 5.26. The van der Waals surface area contributed by atoms with Crippen molar-refractivity contribution in [3.05, 3.63) is 42.5 Å². The molecule has 0 saturated carbocycles. The van der Waals surface area contributed by atoms with Crippen molar-refractivity contribution >= 4 is 0 Å². The van der Waals surface area contributed by atoms with Gasteiger partial charge in [-0.3, -0.25) is 0 Å². The number of ether oxygens (including phenoxy) is 1. The van der Waals surface area contributed by atoms with E-state index >= 15 is 0 Å². The molecule has 2 heteroatoms. The third-order valence-corrected chi connectivity index (χ3v) is 3.15. The lowest BCUT2D eigenvalue weighted by Crippen LogP contribution is -2.35. The molecular weight excluding hydrogens is 222 g/mol. The lowest BCUT2D eigenvalue weighted by atomic mass is 9.83. The summed E-state index contributed by atoms with van der Waals surface area (Å²) < 4.78 is 5.26. The van der Waals surface area contributed by atoms with Gasteiger partial charge in [0.25, 0.3) is 0 Å². The summed E-state index contributed by atoms with van der Waals surface area (Å²) in [6, 6.07) is 8.74. The smallest absolute Gasteiger partial charge is 0.119 e.